The van der Waals surface area contributed by atoms with Gasteiger partial charge in [0.25, 0.3) is 0 Å². The second-order valence-electron chi connectivity index (χ2n) is 4.62. The lowest BCUT2D eigenvalue weighted by Gasteiger charge is -2.13. The Morgan fingerprint density at radius 3 is 2.70 bits per heavy atom. The van der Waals surface area contributed by atoms with Crippen LogP contribution in [-0.4, -0.2) is 44.5 Å². The van der Waals surface area contributed by atoms with Crippen LogP contribution >= 0.6 is 24.2 Å². The van der Waals surface area contributed by atoms with Crippen molar-refractivity contribution in [3.8, 4) is 0 Å². The number of hydrogen-bond acceptors (Lipinski definition) is 6. The van der Waals surface area contributed by atoms with Crippen molar-refractivity contribution in [2.24, 2.45) is 5.73 Å². The van der Waals surface area contributed by atoms with Gasteiger partial charge in [0, 0.05) is 25.1 Å². The van der Waals surface area contributed by atoms with E-state index in [1.54, 1.807) is 0 Å². The molecule has 0 aliphatic rings. The zero-order chi connectivity index (χ0) is 16.4. The van der Waals surface area contributed by atoms with Crippen molar-refractivity contribution in [3.05, 3.63) is 29.8 Å². The van der Waals surface area contributed by atoms with Crippen LogP contribution in [0.3, 0.4) is 0 Å². The molecule has 3 N–H and O–H groups in total. The lowest BCUT2D eigenvalue weighted by molar-refractivity contribution is -0.137. The van der Waals surface area contributed by atoms with Crippen LogP contribution in [0.2, 0.25) is 0 Å². The Kier molecular flexibility index (Phi) is 11.5. The second kappa shape index (κ2) is 12.2. The Bertz CT molecular complexity index is 498. The first-order chi connectivity index (χ1) is 10.6. The maximum atomic E-state index is 11.9. The topological polar surface area (TPSA) is 90.7 Å². The highest BCUT2D eigenvalue weighted by Gasteiger charge is 2.11. The molecule has 1 aromatic carbocycles. The summed E-state index contributed by atoms with van der Waals surface area (Å²) in [6.45, 7) is 0.300. The third-order valence-corrected chi connectivity index (χ3v) is 3.91. The highest BCUT2D eigenvalue weighted by atomic mass is 35.5. The molecule has 1 atom stereocenters. The molecule has 1 aromatic rings. The normalized spacial score (nSPS) is 11.3. The van der Waals surface area contributed by atoms with Crippen molar-refractivity contribution >= 4 is 41.7 Å². The average Bonchev–Trinajstić information content (AvgIpc) is 2.52. The number of carbonyl (C=O) groups is 2. The largest absolute Gasteiger partial charge is 0.468 e. The number of amides is 1. The smallest absolute Gasteiger partial charge is 0.315 e. The molecule has 0 bridgehead atoms. The van der Waals surface area contributed by atoms with E-state index in [0.29, 0.717) is 23.7 Å². The molecule has 130 valence electrons. The van der Waals surface area contributed by atoms with Crippen LogP contribution in [0.25, 0.3) is 0 Å². The number of carbonyl (C=O) groups excluding carboxylic acids is 2. The predicted molar refractivity (Wildman–Crippen MR) is 95.0 cm³/mol. The van der Waals surface area contributed by atoms with E-state index >= 15 is 0 Å². The zero-order valence-electron chi connectivity index (χ0n) is 13.2. The van der Waals surface area contributed by atoms with Crippen molar-refractivity contribution in [3.63, 3.8) is 0 Å². The number of nitrogens with one attached hydrogen (secondary N) is 1. The van der Waals surface area contributed by atoms with E-state index in [1.165, 1.54) is 26.0 Å². The Hall–Kier alpha value is -1.28. The zero-order valence-corrected chi connectivity index (χ0v) is 14.9. The van der Waals surface area contributed by atoms with Gasteiger partial charge in [-0.15, -0.1) is 24.2 Å². The highest BCUT2D eigenvalue weighted by molar-refractivity contribution is 7.99. The number of esters is 1. The number of halogens is 1. The average molecular weight is 363 g/mol. The molecule has 0 saturated heterocycles. The molecular weight excluding hydrogens is 340 g/mol. The number of nitrogens with two attached hydrogens (primary N) is 1. The van der Waals surface area contributed by atoms with Crippen molar-refractivity contribution in [2.45, 2.75) is 18.3 Å². The first-order valence-corrected chi connectivity index (χ1v) is 8.00. The number of benzene rings is 1. The summed E-state index contributed by atoms with van der Waals surface area (Å²) in [4.78, 5) is 22.9. The van der Waals surface area contributed by atoms with E-state index in [9.17, 15) is 9.59 Å². The van der Waals surface area contributed by atoms with Gasteiger partial charge in [0.15, 0.2) is 0 Å². The number of ether oxygens (including phenoxy) is 2. The minimum atomic E-state index is -0.279. The summed E-state index contributed by atoms with van der Waals surface area (Å²) < 4.78 is 9.67. The summed E-state index contributed by atoms with van der Waals surface area (Å²) in [6.07, 6.45) is -0.0623. The van der Waals surface area contributed by atoms with Gasteiger partial charge < -0.3 is 20.5 Å². The van der Waals surface area contributed by atoms with Crippen LogP contribution in [0.4, 0.5) is 5.69 Å². The standard InChI is InChI=1S/C15H22N2O4S.ClH/c1-20-13(8-16)7-14(18)17-12-5-3-4-11(6-12)9-22-10-15(19)21-2;/h3-6,13H,7-10,16H2,1-2H3,(H,17,18);1H. The van der Waals surface area contributed by atoms with E-state index < -0.39 is 0 Å². The van der Waals surface area contributed by atoms with Crippen LogP contribution < -0.4 is 11.1 Å². The van der Waals surface area contributed by atoms with Gasteiger partial charge in [-0.05, 0) is 17.7 Å². The molecule has 23 heavy (non-hydrogen) atoms. The van der Waals surface area contributed by atoms with E-state index in [4.69, 9.17) is 10.5 Å². The highest BCUT2D eigenvalue weighted by Crippen LogP contribution is 2.17. The Balaban J connectivity index is 0.00000484. The third kappa shape index (κ3) is 8.80. The van der Waals surface area contributed by atoms with Crippen LogP contribution in [0.5, 0.6) is 0 Å². The molecule has 0 saturated carbocycles. The van der Waals surface area contributed by atoms with Gasteiger partial charge in [-0.25, -0.2) is 0 Å². The van der Waals surface area contributed by atoms with Gasteiger partial charge in [0.05, 0.1) is 25.4 Å². The van der Waals surface area contributed by atoms with Crippen molar-refractivity contribution in [1.82, 2.24) is 0 Å². The van der Waals surface area contributed by atoms with E-state index in [-0.39, 0.29) is 36.8 Å². The van der Waals surface area contributed by atoms with Crippen LogP contribution in [0.1, 0.15) is 12.0 Å². The van der Waals surface area contributed by atoms with E-state index in [1.807, 2.05) is 24.3 Å². The summed E-state index contributed by atoms with van der Waals surface area (Å²) in [5.41, 5.74) is 7.23. The molecule has 8 heteroatoms. The molecule has 1 amide bonds. The fourth-order valence-corrected chi connectivity index (χ4v) is 2.53. The fourth-order valence-electron chi connectivity index (χ4n) is 1.73. The number of hydrogen-bond donors (Lipinski definition) is 2. The molecule has 0 spiro atoms. The summed E-state index contributed by atoms with van der Waals surface area (Å²) in [5, 5.41) is 2.82. The van der Waals surface area contributed by atoms with Gasteiger partial charge in [-0.3, -0.25) is 9.59 Å². The van der Waals surface area contributed by atoms with Crippen molar-refractivity contribution in [1.29, 1.82) is 0 Å². The molecule has 0 aliphatic heterocycles. The minimum Gasteiger partial charge on any atom is -0.468 e. The van der Waals surface area contributed by atoms with Crippen LogP contribution in [0.15, 0.2) is 24.3 Å². The first-order valence-electron chi connectivity index (χ1n) is 6.85. The summed E-state index contributed by atoms with van der Waals surface area (Å²) in [6, 6.07) is 7.50. The second-order valence-corrected chi connectivity index (χ2v) is 5.60. The maximum Gasteiger partial charge on any atom is 0.315 e. The molecule has 1 rings (SSSR count). The number of rotatable bonds is 9. The lowest BCUT2D eigenvalue weighted by Crippen LogP contribution is -2.28. The first kappa shape index (κ1) is 21.7. The van der Waals surface area contributed by atoms with Crippen molar-refractivity contribution < 1.29 is 19.1 Å². The summed E-state index contributed by atoms with van der Waals surface area (Å²) in [5.74, 6) is 0.583. The Labute approximate surface area is 146 Å². The molecular formula is C15H23ClN2O4S. The summed E-state index contributed by atoms with van der Waals surface area (Å²) in [7, 11) is 2.90. The SMILES string of the molecule is COC(=O)CSCc1cccc(NC(=O)CC(CN)OC)c1.Cl. The number of methoxy groups -OCH3 is 2. The van der Waals surface area contributed by atoms with Gasteiger partial charge in [0.1, 0.15) is 0 Å². The van der Waals surface area contributed by atoms with E-state index in [0.717, 1.165) is 5.56 Å². The Morgan fingerprint density at radius 2 is 2.09 bits per heavy atom. The molecule has 0 aliphatic carbocycles. The van der Waals surface area contributed by atoms with E-state index in [2.05, 4.69) is 10.1 Å². The van der Waals surface area contributed by atoms with Gasteiger partial charge in [-0.2, -0.15) is 0 Å². The molecule has 1 unspecified atom stereocenters. The molecule has 0 fully saturated rings. The maximum absolute atomic E-state index is 11.9. The van der Waals surface area contributed by atoms with Gasteiger partial charge in [0.2, 0.25) is 5.91 Å². The Morgan fingerprint density at radius 1 is 1.35 bits per heavy atom. The predicted octanol–water partition coefficient (Wildman–Crippen LogP) is 1.82. The molecule has 0 radical (unpaired) electrons. The summed E-state index contributed by atoms with van der Waals surface area (Å²) >= 11 is 1.46. The molecule has 0 aromatic heterocycles. The molecule has 0 heterocycles. The van der Waals surface area contributed by atoms with Crippen molar-refractivity contribution in [2.75, 3.05) is 31.8 Å². The van der Waals surface area contributed by atoms with Gasteiger partial charge in [-0.1, -0.05) is 12.1 Å². The molecule has 6 nitrogen and oxygen atoms in total. The quantitative estimate of drug-likeness (QED) is 0.651. The van der Waals surface area contributed by atoms with Crippen LogP contribution in [0, 0.1) is 0 Å². The third-order valence-electron chi connectivity index (χ3n) is 2.94. The number of thioether (sulfide) groups is 1. The lowest BCUT2D eigenvalue weighted by atomic mass is 10.2. The van der Waals surface area contributed by atoms with Crippen LogP contribution in [-0.2, 0) is 24.8 Å². The van der Waals surface area contributed by atoms with Gasteiger partial charge >= 0.3 is 5.97 Å². The monoisotopic (exact) mass is 362 g/mol. The minimum absolute atomic E-state index is 0. The fraction of sp³-hybridized carbons (Fsp3) is 0.467. The number of anilines is 1.